The van der Waals surface area contributed by atoms with Crippen molar-refractivity contribution in [2.45, 2.75) is 31.8 Å². The van der Waals surface area contributed by atoms with E-state index >= 15 is 0 Å². The van der Waals surface area contributed by atoms with Gasteiger partial charge in [0.25, 0.3) is 0 Å². The summed E-state index contributed by atoms with van der Waals surface area (Å²) in [6.07, 6.45) is 3.83. The van der Waals surface area contributed by atoms with E-state index in [2.05, 4.69) is 47.4 Å². The third kappa shape index (κ3) is 3.61. The Morgan fingerprint density at radius 2 is 1.60 bits per heavy atom. The largest absolute Gasteiger partial charge is 0.399 e. The lowest BCUT2D eigenvalue weighted by molar-refractivity contribution is 0.258. The molecule has 0 saturated heterocycles. The molecule has 0 heterocycles. The van der Waals surface area contributed by atoms with Crippen molar-refractivity contribution in [1.82, 2.24) is 4.90 Å². The molecule has 1 aliphatic rings. The first-order chi connectivity index (χ1) is 9.81. The quantitative estimate of drug-likeness (QED) is 0.811. The van der Waals surface area contributed by atoms with E-state index in [4.69, 9.17) is 5.73 Å². The van der Waals surface area contributed by atoms with E-state index in [0.29, 0.717) is 0 Å². The van der Waals surface area contributed by atoms with E-state index in [9.17, 15) is 0 Å². The maximum Gasteiger partial charge on any atom is 0.0314 e. The van der Waals surface area contributed by atoms with Gasteiger partial charge in [0.15, 0.2) is 0 Å². The molecule has 1 fully saturated rings. The Hall–Kier alpha value is -1.80. The van der Waals surface area contributed by atoms with Crippen molar-refractivity contribution >= 4 is 5.69 Å². The summed E-state index contributed by atoms with van der Waals surface area (Å²) in [7, 11) is 0. The third-order valence-electron chi connectivity index (χ3n) is 3.96. The van der Waals surface area contributed by atoms with Crippen LogP contribution < -0.4 is 5.73 Å². The summed E-state index contributed by atoms with van der Waals surface area (Å²) in [6, 6.07) is 19.8. The summed E-state index contributed by atoms with van der Waals surface area (Å²) in [5, 5.41) is 0. The van der Waals surface area contributed by atoms with Crippen LogP contribution in [0.4, 0.5) is 5.69 Å². The lowest BCUT2D eigenvalue weighted by Gasteiger charge is -2.22. The van der Waals surface area contributed by atoms with Crippen molar-refractivity contribution in [3.05, 3.63) is 65.7 Å². The molecule has 2 aromatic rings. The van der Waals surface area contributed by atoms with Crippen molar-refractivity contribution in [3.63, 3.8) is 0 Å². The summed E-state index contributed by atoms with van der Waals surface area (Å²) in [5.74, 6) is 0. The summed E-state index contributed by atoms with van der Waals surface area (Å²) >= 11 is 0. The Bertz CT molecular complexity index is 529. The average Bonchev–Trinajstić information content (AvgIpc) is 3.31. The molecule has 2 nitrogen and oxygen atoms in total. The first-order valence-corrected chi connectivity index (χ1v) is 7.43. The molecule has 3 rings (SSSR count). The highest BCUT2D eigenvalue weighted by Crippen LogP contribution is 2.28. The minimum Gasteiger partial charge on any atom is -0.399 e. The second-order valence-corrected chi connectivity index (χ2v) is 5.68. The predicted molar refractivity (Wildman–Crippen MR) is 84.4 cm³/mol. The zero-order chi connectivity index (χ0) is 13.8. The SMILES string of the molecule is Nc1ccc(CN(CCc2ccccc2)C2CC2)cc1. The molecule has 1 aliphatic carbocycles. The highest BCUT2D eigenvalue weighted by atomic mass is 15.2. The maximum absolute atomic E-state index is 5.75. The predicted octanol–water partition coefficient (Wildman–Crippen LogP) is 3.48. The number of anilines is 1. The van der Waals surface area contributed by atoms with Crippen molar-refractivity contribution < 1.29 is 0 Å². The third-order valence-corrected chi connectivity index (χ3v) is 3.96. The number of nitrogens with zero attached hydrogens (tertiary/aromatic N) is 1. The van der Waals surface area contributed by atoms with Gasteiger partial charge in [-0.1, -0.05) is 42.5 Å². The summed E-state index contributed by atoms with van der Waals surface area (Å²) in [6.45, 7) is 2.18. The standard InChI is InChI=1S/C18H22N2/c19-17-8-6-16(7-9-17)14-20(18-10-11-18)13-12-15-4-2-1-3-5-15/h1-9,18H,10-14,19H2. The van der Waals surface area contributed by atoms with Crippen molar-refractivity contribution in [3.8, 4) is 0 Å². The number of nitrogen functional groups attached to an aromatic ring is 1. The number of benzene rings is 2. The van der Waals surface area contributed by atoms with E-state index < -0.39 is 0 Å². The highest BCUT2D eigenvalue weighted by Gasteiger charge is 2.28. The summed E-state index contributed by atoms with van der Waals surface area (Å²) in [4.78, 5) is 2.61. The lowest BCUT2D eigenvalue weighted by atomic mass is 10.1. The van der Waals surface area contributed by atoms with Crippen LogP contribution in [0, 0.1) is 0 Å². The Labute approximate surface area is 121 Å². The molecule has 0 radical (unpaired) electrons. The number of nitrogens with two attached hydrogens (primary N) is 1. The molecule has 2 N–H and O–H groups in total. The van der Waals surface area contributed by atoms with Gasteiger partial charge >= 0.3 is 0 Å². The van der Waals surface area contributed by atoms with E-state index in [1.807, 2.05) is 12.1 Å². The van der Waals surface area contributed by atoms with E-state index in [1.165, 1.54) is 24.0 Å². The average molecular weight is 266 g/mol. The molecule has 20 heavy (non-hydrogen) atoms. The zero-order valence-electron chi connectivity index (χ0n) is 11.8. The van der Waals surface area contributed by atoms with Gasteiger partial charge in [-0.15, -0.1) is 0 Å². The molecule has 0 aliphatic heterocycles. The molecule has 0 spiro atoms. The van der Waals surface area contributed by atoms with Crippen molar-refractivity contribution in [2.75, 3.05) is 12.3 Å². The molecule has 2 heteroatoms. The number of hydrogen-bond acceptors (Lipinski definition) is 2. The molecule has 0 bridgehead atoms. The fourth-order valence-corrected chi connectivity index (χ4v) is 2.61. The van der Waals surface area contributed by atoms with Crippen molar-refractivity contribution in [2.24, 2.45) is 0 Å². The van der Waals surface area contributed by atoms with E-state index in [1.54, 1.807) is 0 Å². The van der Waals surface area contributed by atoms with Gasteiger partial charge in [-0.25, -0.2) is 0 Å². The monoisotopic (exact) mass is 266 g/mol. The van der Waals surface area contributed by atoms with Crippen LogP contribution in [0.1, 0.15) is 24.0 Å². The van der Waals surface area contributed by atoms with Gasteiger partial charge in [0.1, 0.15) is 0 Å². The molecule has 0 aromatic heterocycles. The van der Waals surface area contributed by atoms with Gasteiger partial charge < -0.3 is 5.73 Å². The Morgan fingerprint density at radius 1 is 0.900 bits per heavy atom. The van der Waals surface area contributed by atoms with Crippen LogP contribution in [0.2, 0.25) is 0 Å². The van der Waals surface area contributed by atoms with Crippen LogP contribution in [0.25, 0.3) is 0 Å². The second kappa shape index (κ2) is 6.10. The van der Waals surface area contributed by atoms with Crippen LogP contribution in [-0.4, -0.2) is 17.5 Å². The first kappa shape index (κ1) is 13.2. The molecule has 1 saturated carbocycles. The topological polar surface area (TPSA) is 29.3 Å². The molecule has 0 amide bonds. The van der Waals surface area contributed by atoms with Gasteiger partial charge in [0.2, 0.25) is 0 Å². The fourth-order valence-electron chi connectivity index (χ4n) is 2.61. The van der Waals surface area contributed by atoms with Crippen LogP contribution in [0.5, 0.6) is 0 Å². The molecule has 2 aromatic carbocycles. The Morgan fingerprint density at radius 3 is 2.25 bits per heavy atom. The minimum atomic E-state index is 0.788. The zero-order valence-corrected chi connectivity index (χ0v) is 11.8. The molecular weight excluding hydrogens is 244 g/mol. The van der Waals surface area contributed by atoms with Crippen LogP contribution in [0.15, 0.2) is 54.6 Å². The van der Waals surface area contributed by atoms with Crippen LogP contribution >= 0.6 is 0 Å². The smallest absolute Gasteiger partial charge is 0.0314 e. The summed E-state index contributed by atoms with van der Waals surface area (Å²) < 4.78 is 0. The molecule has 0 unspecified atom stereocenters. The van der Waals surface area contributed by atoms with Gasteiger partial charge in [0.05, 0.1) is 0 Å². The fraction of sp³-hybridized carbons (Fsp3) is 0.333. The molecule has 0 atom stereocenters. The normalized spacial score (nSPS) is 14.7. The van der Waals surface area contributed by atoms with Crippen LogP contribution in [-0.2, 0) is 13.0 Å². The summed E-state index contributed by atoms with van der Waals surface area (Å²) in [5.41, 5.74) is 9.38. The van der Waals surface area contributed by atoms with Crippen LogP contribution in [0.3, 0.4) is 0 Å². The number of rotatable bonds is 6. The maximum atomic E-state index is 5.75. The second-order valence-electron chi connectivity index (χ2n) is 5.68. The van der Waals surface area contributed by atoms with E-state index in [0.717, 1.165) is 31.2 Å². The first-order valence-electron chi connectivity index (χ1n) is 7.43. The van der Waals surface area contributed by atoms with E-state index in [-0.39, 0.29) is 0 Å². The Kier molecular flexibility index (Phi) is 4.03. The van der Waals surface area contributed by atoms with Gasteiger partial charge in [-0.2, -0.15) is 0 Å². The van der Waals surface area contributed by atoms with Gasteiger partial charge in [0, 0.05) is 24.8 Å². The lowest BCUT2D eigenvalue weighted by Crippen LogP contribution is -2.27. The molecular formula is C18H22N2. The minimum absolute atomic E-state index is 0.788. The Balaban J connectivity index is 1.60. The highest BCUT2D eigenvalue weighted by molar-refractivity contribution is 5.39. The van der Waals surface area contributed by atoms with Gasteiger partial charge in [-0.05, 0) is 42.5 Å². The number of hydrogen-bond donors (Lipinski definition) is 1. The van der Waals surface area contributed by atoms with Crippen molar-refractivity contribution in [1.29, 1.82) is 0 Å². The van der Waals surface area contributed by atoms with Gasteiger partial charge in [-0.3, -0.25) is 4.90 Å². The molecule has 104 valence electrons.